The Bertz CT molecular complexity index is 433. The highest BCUT2D eigenvalue weighted by Gasteiger charge is 2.23. The summed E-state index contributed by atoms with van der Waals surface area (Å²) < 4.78 is 1.64. The predicted molar refractivity (Wildman–Crippen MR) is 84.3 cm³/mol. The van der Waals surface area contributed by atoms with Crippen LogP contribution in [0, 0.1) is 0 Å². The molecule has 0 radical (unpaired) electrons. The zero-order chi connectivity index (χ0) is 14.4. The molecule has 1 aromatic rings. The number of carbonyl (C=O) groups is 1. The van der Waals surface area contributed by atoms with Crippen molar-refractivity contribution in [1.29, 1.82) is 0 Å². The number of aliphatic hydroxyl groups is 1. The fourth-order valence-corrected chi connectivity index (χ4v) is 2.88. The smallest absolute Gasteiger partial charge is 0.255 e. The highest BCUT2D eigenvalue weighted by atomic mass is 79.9. The molecule has 0 spiro atoms. The number of hydrogen-bond donors (Lipinski definition) is 1. The first-order chi connectivity index (χ1) is 9.04. The zero-order valence-corrected chi connectivity index (χ0v) is 14.4. The van der Waals surface area contributed by atoms with Crippen LogP contribution in [0.25, 0.3) is 0 Å². The first kappa shape index (κ1) is 16.7. The van der Waals surface area contributed by atoms with Gasteiger partial charge in [0.2, 0.25) is 0 Å². The summed E-state index contributed by atoms with van der Waals surface area (Å²) in [5.41, 5.74) is 0.620. The van der Waals surface area contributed by atoms with E-state index in [1.807, 2.05) is 12.1 Å². The van der Waals surface area contributed by atoms with Crippen LogP contribution in [0.5, 0.6) is 0 Å². The molecule has 0 atom stereocenters. The van der Waals surface area contributed by atoms with Gasteiger partial charge in [0.25, 0.3) is 5.91 Å². The fourth-order valence-electron chi connectivity index (χ4n) is 2.10. The predicted octanol–water partition coefficient (Wildman–Crippen LogP) is 3.83. The van der Waals surface area contributed by atoms with Gasteiger partial charge in [-0.15, -0.1) is 0 Å². The van der Waals surface area contributed by atoms with Gasteiger partial charge < -0.3 is 10.0 Å². The van der Waals surface area contributed by atoms with Crippen molar-refractivity contribution in [3.05, 3.63) is 32.7 Å². The maximum absolute atomic E-state index is 12.6. The molecule has 1 aromatic carbocycles. The summed E-state index contributed by atoms with van der Waals surface area (Å²) >= 11 is 6.80. The molecule has 1 amide bonds. The lowest BCUT2D eigenvalue weighted by Gasteiger charge is -2.30. The maximum Gasteiger partial charge on any atom is 0.255 e. The number of amides is 1. The van der Waals surface area contributed by atoms with Crippen LogP contribution in [0.15, 0.2) is 27.1 Å². The molecule has 106 valence electrons. The van der Waals surface area contributed by atoms with Crippen molar-refractivity contribution in [3.63, 3.8) is 0 Å². The molecular weight excluding hydrogens is 374 g/mol. The Hall–Kier alpha value is -0.390. The molecule has 0 aliphatic heterocycles. The van der Waals surface area contributed by atoms with E-state index in [-0.39, 0.29) is 18.6 Å². The molecule has 0 aliphatic carbocycles. The summed E-state index contributed by atoms with van der Waals surface area (Å²) in [6.07, 6.45) is 1.77. The van der Waals surface area contributed by atoms with Crippen LogP contribution in [0.4, 0.5) is 0 Å². The number of halogens is 2. The van der Waals surface area contributed by atoms with E-state index < -0.39 is 0 Å². The zero-order valence-electron chi connectivity index (χ0n) is 11.2. The van der Waals surface area contributed by atoms with Crippen LogP contribution in [0.3, 0.4) is 0 Å². The van der Waals surface area contributed by atoms with Crippen LogP contribution in [-0.4, -0.2) is 35.1 Å². The SMILES string of the molecule is CCC(CC)N(CCO)C(=O)c1cc(Br)ccc1Br. The molecule has 1 N–H and O–H groups in total. The topological polar surface area (TPSA) is 40.5 Å². The fraction of sp³-hybridized carbons (Fsp3) is 0.500. The Morgan fingerprint density at radius 2 is 1.95 bits per heavy atom. The molecule has 0 saturated carbocycles. The number of carbonyl (C=O) groups excluding carboxylic acids is 1. The molecule has 1 rings (SSSR count). The second kappa shape index (κ2) is 8.02. The molecule has 0 fully saturated rings. The van der Waals surface area contributed by atoms with Gasteiger partial charge in [-0.05, 0) is 47.0 Å². The lowest BCUT2D eigenvalue weighted by molar-refractivity contribution is 0.0621. The third kappa shape index (κ3) is 4.29. The van der Waals surface area contributed by atoms with Gasteiger partial charge >= 0.3 is 0 Å². The molecule has 5 heteroatoms. The first-order valence-corrected chi connectivity index (χ1v) is 8.00. The van der Waals surface area contributed by atoms with E-state index in [1.54, 1.807) is 11.0 Å². The summed E-state index contributed by atoms with van der Waals surface area (Å²) in [5, 5.41) is 9.18. The lowest BCUT2D eigenvalue weighted by Crippen LogP contribution is -2.41. The minimum Gasteiger partial charge on any atom is -0.395 e. The van der Waals surface area contributed by atoms with Gasteiger partial charge in [0.05, 0.1) is 12.2 Å². The standard InChI is InChI=1S/C14H19Br2NO2/c1-3-11(4-2)17(7-8-18)14(19)12-9-10(15)5-6-13(12)16/h5-6,9,11,18H,3-4,7-8H2,1-2H3. The van der Waals surface area contributed by atoms with Gasteiger partial charge in [-0.2, -0.15) is 0 Å². The van der Waals surface area contributed by atoms with Gasteiger partial charge in [0.15, 0.2) is 0 Å². The molecule has 0 aromatic heterocycles. The molecule has 0 saturated heterocycles. The van der Waals surface area contributed by atoms with E-state index in [0.29, 0.717) is 12.1 Å². The normalized spacial score (nSPS) is 10.8. The second-order valence-corrected chi connectivity index (χ2v) is 6.09. The van der Waals surface area contributed by atoms with Crippen molar-refractivity contribution in [2.75, 3.05) is 13.2 Å². The minimum atomic E-state index is -0.0454. The van der Waals surface area contributed by atoms with Gasteiger partial charge in [0.1, 0.15) is 0 Å². The average molecular weight is 393 g/mol. The van der Waals surface area contributed by atoms with E-state index in [2.05, 4.69) is 45.7 Å². The highest BCUT2D eigenvalue weighted by molar-refractivity contribution is 9.11. The second-order valence-electron chi connectivity index (χ2n) is 4.32. The molecule has 0 aliphatic rings. The number of hydrogen-bond acceptors (Lipinski definition) is 2. The Kier molecular flexibility index (Phi) is 7.04. The summed E-state index contributed by atoms with van der Waals surface area (Å²) in [4.78, 5) is 14.4. The van der Waals surface area contributed by atoms with Crippen molar-refractivity contribution < 1.29 is 9.90 Å². The highest BCUT2D eigenvalue weighted by Crippen LogP contribution is 2.24. The van der Waals surface area contributed by atoms with Crippen molar-refractivity contribution in [2.45, 2.75) is 32.7 Å². The first-order valence-electron chi connectivity index (χ1n) is 6.42. The van der Waals surface area contributed by atoms with Gasteiger partial charge in [-0.25, -0.2) is 0 Å². The van der Waals surface area contributed by atoms with E-state index in [9.17, 15) is 9.90 Å². The van der Waals surface area contributed by atoms with Crippen LogP contribution in [-0.2, 0) is 0 Å². The van der Waals surface area contributed by atoms with Crippen molar-refractivity contribution in [3.8, 4) is 0 Å². The number of aliphatic hydroxyl groups excluding tert-OH is 1. The van der Waals surface area contributed by atoms with Crippen LogP contribution >= 0.6 is 31.9 Å². The van der Waals surface area contributed by atoms with Crippen LogP contribution < -0.4 is 0 Å². The van der Waals surface area contributed by atoms with Gasteiger partial charge in [-0.3, -0.25) is 4.79 Å². The van der Waals surface area contributed by atoms with E-state index in [4.69, 9.17) is 0 Å². The average Bonchev–Trinajstić information content (AvgIpc) is 2.41. The number of nitrogens with zero attached hydrogens (tertiary/aromatic N) is 1. The molecule has 0 unspecified atom stereocenters. The summed E-state index contributed by atoms with van der Waals surface area (Å²) in [6, 6.07) is 5.69. The van der Waals surface area contributed by atoms with Crippen molar-refractivity contribution in [1.82, 2.24) is 4.90 Å². The Labute approximate surface area is 131 Å². The number of benzene rings is 1. The quantitative estimate of drug-likeness (QED) is 0.798. The van der Waals surface area contributed by atoms with Gasteiger partial charge in [0, 0.05) is 21.5 Å². The van der Waals surface area contributed by atoms with Gasteiger partial charge in [-0.1, -0.05) is 29.8 Å². The Morgan fingerprint density at radius 3 is 2.47 bits per heavy atom. The molecule has 0 bridgehead atoms. The van der Waals surface area contributed by atoms with Crippen LogP contribution in [0.1, 0.15) is 37.0 Å². The third-order valence-electron chi connectivity index (χ3n) is 3.14. The van der Waals surface area contributed by atoms with Crippen molar-refractivity contribution >= 4 is 37.8 Å². The summed E-state index contributed by atoms with van der Waals surface area (Å²) in [6.45, 7) is 4.46. The van der Waals surface area contributed by atoms with Crippen LogP contribution in [0.2, 0.25) is 0 Å². The monoisotopic (exact) mass is 391 g/mol. The Morgan fingerprint density at radius 1 is 1.32 bits per heavy atom. The lowest BCUT2D eigenvalue weighted by atomic mass is 10.1. The van der Waals surface area contributed by atoms with Crippen molar-refractivity contribution in [2.24, 2.45) is 0 Å². The minimum absolute atomic E-state index is 0.0200. The summed E-state index contributed by atoms with van der Waals surface area (Å²) in [7, 11) is 0. The molecule has 19 heavy (non-hydrogen) atoms. The largest absolute Gasteiger partial charge is 0.395 e. The van der Waals surface area contributed by atoms with E-state index >= 15 is 0 Å². The molecule has 0 heterocycles. The number of rotatable bonds is 6. The summed E-state index contributed by atoms with van der Waals surface area (Å²) in [5.74, 6) is -0.0454. The van der Waals surface area contributed by atoms with E-state index in [0.717, 1.165) is 21.8 Å². The molecular formula is C14H19Br2NO2. The van der Waals surface area contributed by atoms with E-state index in [1.165, 1.54) is 0 Å². The Balaban J connectivity index is 3.08. The third-order valence-corrected chi connectivity index (χ3v) is 4.33. The maximum atomic E-state index is 12.6. The molecule has 3 nitrogen and oxygen atoms in total.